The third kappa shape index (κ3) is 4.74. The molecule has 164 valence electrons. The maximum absolute atomic E-state index is 13.9. The van der Waals surface area contributed by atoms with E-state index in [1.807, 2.05) is 0 Å². The average molecular weight is 468 g/mol. The van der Waals surface area contributed by atoms with Gasteiger partial charge in [-0.25, -0.2) is 21.2 Å². The van der Waals surface area contributed by atoms with Crippen LogP contribution < -0.4 is 4.74 Å². The third-order valence-corrected chi connectivity index (χ3v) is 8.16. The number of hydrogen-bond donors (Lipinski definition) is 0. The van der Waals surface area contributed by atoms with E-state index in [4.69, 9.17) is 0 Å². The Kier molecular flexibility index (Phi) is 6.09. The predicted octanol–water partition coefficient (Wildman–Crippen LogP) is 2.42. The van der Waals surface area contributed by atoms with Crippen LogP contribution in [0.2, 0.25) is 0 Å². The molecule has 1 aliphatic rings. The van der Waals surface area contributed by atoms with Crippen LogP contribution in [0.1, 0.15) is 0 Å². The molecule has 2 aromatic rings. The van der Waals surface area contributed by atoms with Gasteiger partial charge >= 0.3 is 6.36 Å². The lowest BCUT2D eigenvalue weighted by atomic mass is 10.3. The highest BCUT2D eigenvalue weighted by atomic mass is 32.2. The molecule has 1 saturated heterocycles. The van der Waals surface area contributed by atoms with Crippen LogP contribution in [0.5, 0.6) is 5.75 Å². The quantitative estimate of drug-likeness (QED) is 0.630. The first kappa shape index (κ1) is 22.5. The van der Waals surface area contributed by atoms with Gasteiger partial charge in [0.1, 0.15) is 16.5 Å². The Morgan fingerprint density at radius 2 is 1.37 bits per heavy atom. The number of benzene rings is 2. The van der Waals surface area contributed by atoms with Crippen LogP contribution in [0, 0.1) is 5.82 Å². The third-order valence-electron chi connectivity index (χ3n) is 4.33. The second-order valence-corrected chi connectivity index (χ2v) is 10.1. The fourth-order valence-electron chi connectivity index (χ4n) is 2.92. The number of piperazine rings is 1. The van der Waals surface area contributed by atoms with E-state index < -0.39 is 47.8 Å². The molecule has 2 aromatic carbocycles. The summed E-state index contributed by atoms with van der Waals surface area (Å²) in [5.41, 5.74) is 0. The Bertz CT molecular complexity index is 1130. The van der Waals surface area contributed by atoms with Crippen molar-refractivity contribution in [2.45, 2.75) is 16.2 Å². The topological polar surface area (TPSA) is 84.0 Å². The first-order chi connectivity index (χ1) is 13.9. The van der Waals surface area contributed by atoms with Crippen molar-refractivity contribution < 1.29 is 39.1 Å². The first-order valence-corrected chi connectivity index (χ1v) is 11.4. The van der Waals surface area contributed by atoms with Gasteiger partial charge in [0.05, 0.1) is 4.90 Å². The van der Waals surface area contributed by atoms with Gasteiger partial charge in [0, 0.05) is 32.2 Å². The zero-order chi connectivity index (χ0) is 22.2. The van der Waals surface area contributed by atoms with E-state index in [9.17, 15) is 34.4 Å². The van der Waals surface area contributed by atoms with Crippen molar-refractivity contribution in [3.8, 4) is 5.75 Å². The molecule has 0 unspecified atom stereocenters. The van der Waals surface area contributed by atoms with Gasteiger partial charge in [-0.15, -0.1) is 13.2 Å². The normalized spacial score (nSPS) is 17.1. The molecule has 0 saturated carbocycles. The van der Waals surface area contributed by atoms with Gasteiger partial charge in [0.25, 0.3) is 0 Å². The predicted molar refractivity (Wildman–Crippen MR) is 97.0 cm³/mol. The standard InChI is InChI=1S/C17H16F4N2O5S2/c18-15-6-1-2-7-16(15)30(26,27)23-10-8-22(9-11-23)29(24,25)14-5-3-4-13(12-14)28-17(19,20)21/h1-7,12H,8-11H2. The smallest absolute Gasteiger partial charge is 0.406 e. The van der Waals surface area contributed by atoms with Crippen LogP contribution in [-0.4, -0.2) is 58.0 Å². The van der Waals surface area contributed by atoms with Gasteiger partial charge < -0.3 is 4.74 Å². The van der Waals surface area contributed by atoms with Gasteiger partial charge in [-0.05, 0) is 24.3 Å². The molecular weight excluding hydrogens is 452 g/mol. The fraction of sp³-hybridized carbons (Fsp3) is 0.294. The average Bonchev–Trinajstić information content (AvgIpc) is 2.67. The van der Waals surface area contributed by atoms with Crippen molar-refractivity contribution in [1.82, 2.24) is 8.61 Å². The molecule has 30 heavy (non-hydrogen) atoms. The number of nitrogens with zero attached hydrogens (tertiary/aromatic N) is 2. The Morgan fingerprint density at radius 1 is 0.800 bits per heavy atom. The van der Waals surface area contributed by atoms with E-state index in [1.165, 1.54) is 12.1 Å². The monoisotopic (exact) mass is 468 g/mol. The maximum Gasteiger partial charge on any atom is 0.573 e. The van der Waals surface area contributed by atoms with Crippen molar-refractivity contribution in [1.29, 1.82) is 0 Å². The van der Waals surface area contributed by atoms with E-state index in [-0.39, 0.29) is 26.2 Å². The molecular formula is C17H16F4N2O5S2. The number of rotatable bonds is 5. The van der Waals surface area contributed by atoms with E-state index >= 15 is 0 Å². The molecule has 1 heterocycles. The van der Waals surface area contributed by atoms with Gasteiger partial charge in [-0.2, -0.15) is 8.61 Å². The minimum Gasteiger partial charge on any atom is -0.406 e. The second kappa shape index (κ2) is 8.13. The van der Waals surface area contributed by atoms with Crippen LogP contribution in [0.15, 0.2) is 58.3 Å². The summed E-state index contributed by atoms with van der Waals surface area (Å²) in [5, 5.41) is 0. The molecule has 13 heteroatoms. The van der Waals surface area contributed by atoms with Crippen molar-refractivity contribution in [2.24, 2.45) is 0 Å². The Hall–Kier alpha value is -2.22. The van der Waals surface area contributed by atoms with Crippen LogP contribution in [0.4, 0.5) is 17.6 Å². The summed E-state index contributed by atoms with van der Waals surface area (Å²) in [6, 6.07) is 8.75. The highest BCUT2D eigenvalue weighted by Gasteiger charge is 2.36. The number of hydrogen-bond acceptors (Lipinski definition) is 5. The molecule has 7 nitrogen and oxygen atoms in total. The summed E-state index contributed by atoms with van der Waals surface area (Å²) in [6.07, 6.45) is -4.98. The van der Waals surface area contributed by atoms with E-state index in [0.29, 0.717) is 0 Å². The maximum atomic E-state index is 13.9. The Morgan fingerprint density at radius 3 is 1.93 bits per heavy atom. The molecule has 0 N–H and O–H groups in total. The highest BCUT2D eigenvalue weighted by molar-refractivity contribution is 7.89. The Balaban J connectivity index is 1.76. The number of alkyl halides is 3. The second-order valence-electron chi connectivity index (χ2n) is 6.26. The minimum atomic E-state index is -4.98. The molecule has 0 radical (unpaired) electrons. The van der Waals surface area contributed by atoms with Crippen LogP contribution in [-0.2, 0) is 20.0 Å². The molecule has 1 aliphatic heterocycles. The minimum absolute atomic E-state index is 0.241. The van der Waals surface area contributed by atoms with E-state index in [2.05, 4.69) is 4.74 Å². The van der Waals surface area contributed by atoms with Crippen molar-refractivity contribution in [3.63, 3.8) is 0 Å². The summed E-state index contributed by atoms with van der Waals surface area (Å²) in [6.45, 7) is -0.982. The number of halogens is 4. The largest absolute Gasteiger partial charge is 0.573 e. The highest BCUT2D eigenvalue weighted by Crippen LogP contribution is 2.27. The fourth-order valence-corrected chi connectivity index (χ4v) is 5.87. The van der Waals surface area contributed by atoms with Gasteiger partial charge in [0.15, 0.2) is 0 Å². The summed E-state index contributed by atoms with van der Waals surface area (Å²) in [5.74, 6) is -1.61. The summed E-state index contributed by atoms with van der Waals surface area (Å²) in [7, 11) is -8.35. The molecule has 0 aromatic heterocycles. The molecule has 0 amide bonds. The van der Waals surface area contributed by atoms with Crippen LogP contribution in [0.25, 0.3) is 0 Å². The zero-order valence-corrected chi connectivity index (χ0v) is 16.8. The van der Waals surface area contributed by atoms with Gasteiger partial charge in [-0.3, -0.25) is 0 Å². The first-order valence-electron chi connectivity index (χ1n) is 8.52. The molecule has 0 spiro atoms. The molecule has 0 atom stereocenters. The van der Waals surface area contributed by atoms with Crippen LogP contribution >= 0.6 is 0 Å². The summed E-state index contributed by atoms with van der Waals surface area (Å²) >= 11 is 0. The van der Waals surface area contributed by atoms with Gasteiger partial charge in [-0.1, -0.05) is 18.2 Å². The van der Waals surface area contributed by atoms with Crippen molar-refractivity contribution >= 4 is 20.0 Å². The van der Waals surface area contributed by atoms with E-state index in [1.54, 1.807) is 0 Å². The molecule has 1 fully saturated rings. The molecule has 0 bridgehead atoms. The number of ether oxygens (including phenoxy) is 1. The number of sulfonamides is 2. The molecule has 3 rings (SSSR count). The molecule has 0 aliphatic carbocycles. The zero-order valence-electron chi connectivity index (χ0n) is 15.2. The summed E-state index contributed by atoms with van der Waals surface area (Å²) in [4.78, 5) is -0.937. The lowest BCUT2D eigenvalue weighted by molar-refractivity contribution is -0.274. The summed E-state index contributed by atoms with van der Waals surface area (Å²) < 4.78 is 107. The Labute approximate surface area is 170 Å². The van der Waals surface area contributed by atoms with Crippen molar-refractivity contribution in [2.75, 3.05) is 26.2 Å². The lowest BCUT2D eigenvalue weighted by Gasteiger charge is -2.33. The SMILES string of the molecule is O=S(=O)(c1cccc(OC(F)(F)F)c1)N1CCN(S(=O)(=O)c2ccccc2F)CC1. The van der Waals surface area contributed by atoms with Gasteiger partial charge in [0.2, 0.25) is 20.0 Å². The lowest BCUT2D eigenvalue weighted by Crippen LogP contribution is -2.50. The van der Waals surface area contributed by atoms with Crippen molar-refractivity contribution in [3.05, 3.63) is 54.3 Å². The van der Waals surface area contributed by atoms with E-state index in [0.717, 1.165) is 45.0 Å². The van der Waals surface area contributed by atoms with Crippen LogP contribution in [0.3, 0.4) is 0 Å².